The lowest BCUT2D eigenvalue weighted by Crippen LogP contribution is -2.53. The van der Waals surface area contributed by atoms with Gasteiger partial charge in [-0.15, -0.1) is 0 Å². The number of hydrogen-bond donors (Lipinski definition) is 2. The van der Waals surface area contributed by atoms with Gasteiger partial charge in [0.15, 0.2) is 11.6 Å². The third-order valence-corrected chi connectivity index (χ3v) is 10.0. The molecule has 5 nitrogen and oxygen atoms in total. The van der Waals surface area contributed by atoms with Gasteiger partial charge in [0.05, 0.1) is 12.4 Å². The van der Waals surface area contributed by atoms with Crippen molar-refractivity contribution in [3.8, 4) is 0 Å². The Kier molecular flexibility index (Phi) is 4.54. The van der Waals surface area contributed by atoms with E-state index >= 15 is 0 Å². The van der Waals surface area contributed by atoms with E-state index in [4.69, 9.17) is 4.99 Å². The predicted octanol–water partition coefficient (Wildman–Crippen LogP) is 3.40. The number of hydrogen-bond acceptors (Lipinski definition) is 5. The molecule has 0 spiro atoms. The highest BCUT2D eigenvalue weighted by Crippen LogP contribution is 2.70. The molecule has 4 unspecified atom stereocenters. The van der Waals surface area contributed by atoms with Gasteiger partial charge in [0.25, 0.3) is 0 Å². The second kappa shape index (κ2) is 6.74. The zero-order valence-electron chi connectivity index (χ0n) is 19.0. The van der Waals surface area contributed by atoms with Gasteiger partial charge < -0.3 is 10.4 Å². The van der Waals surface area contributed by atoms with E-state index in [1.54, 1.807) is 12.4 Å². The first-order valence-electron chi connectivity index (χ1n) is 11.7. The number of Topliss-reactive ketones (excluding diaryl/α,β-unsaturated/α-hetero) is 1. The van der Waals surface area contributed by atoms with Gasteiger partial charge in [-0.05, 0) is 74.9 Å². The summed E-state index contributed by atoms with van der Waals surface area (Å²) in [5, 5.41) is 13.3. The SMILES string of the molecule is CC1NC=NC1[C@H]1CC2C3CCC4=CC(=O)C=C[C@]4(C)C3=CC[C@]2(C)[C@@]1(C)C(=O)CO. The number of fused-ring (bicyclic) bond motifs is 5. The van der Waals surface area contributed by atoms with Gasteiger partial charge in [0, 0.05) is 16.9 Å². The number of allylic oxidation sites excluding steroid dienone is 6. The van der Waals surface area contributed by atoms with Crippen molar-refractivity contribution in [2.24, 2.45) is 39.0 Å². The van der Waals surface area contributed by atoms with E-state index in [9.17, 15) is 14.7 Å². The highest BCUT2D eigenvalue weighted by atomic mass is 16.3. The predicted molar refractivity (Wildman–Crippen MR) is 121 cm³/mol. The summed E-state index contributed by atoms with van der Waals surface area (Å²) in [6.45, 7) is 8.36. The molecule has 0 aromatic rings. The smallest absolute Gasteiger partial charge is 0.178 e. The molecular formula is C26H34N2O3. The molecule has 5 rings (SSSR count). The van der Waals surface area contributed by atoms with E-state index in [0.717, 1.165) is 25.7 Å². The minimum absolute atomic E-state index is 0.0422. The molecule has 2 fully saturated rings. The first kappa shape index (κ1) is 20.9. The van der Waals surface area contributed by atoms with Crippen LogP contribution in [0.5, 0.6) is 0 Å². The van der Waals surface area contributed by atoms with Crippen LogP contribution in [0.15, 0.2) is 40.4 Å². The number of aliphatic hydroxyl groups is 1. The van der Waals surface area contributed by atoms with Crippen molar-refractivity contribution in [1.29, 1.82) is 0 Å². The van der Waals surface area contributed by atoms with Crippen LogP contribution in [0.25, 0.3) is 0 Å². The van der Waals surface area contributed by atoms with Crippen LogP contribution in [0.4, 0.5) is 0 Å². The zero-order chi connectivity index (χ0) is 22.2. The van der Waals surface area contributed by atoms with E-state index < -0.39 is 12.0 Å². The molecule has 0 saturated heterocycles. The Bertz CT molecular complexity index is 962. The van der Waals surface area contributed by atoms with Gasteiger partial charge in [-0.1, -0.05) is 37.1 Å². The van der Waals surface area contributed by atoms with Crippen molar-refractivity contribution < 1.29 is 14.7 Å². The number of ketones is 2. The molecule has 8 atom stereocenters. The Labute approximate surface area is 184 Å². The number of carbonyl (C=O) groups is 2. The summed E-state index contributed by atoms with van der Waals surface area (Å²) >= 11 is 0. The van der Waals surface area contributed by atoms with Crippen molar-refractivity contribution in [2.45, 2.75) is 65.5 Å². The van der Waals surface area contributed by atoms with Crippen LogP contribution in [0, 0.1) is 34.0 Å². The highest BCUT2D eigenvalue weighted by Gasteiger charge is 2.68. The maximum atomic E-state index is 13.4. The summed E-state index contributed by atoms with van der Waals surface area (Å²) in [4.78, 5) is 30.1. The summed E-state index contributed by atoms with van der Waals surface area (Å²) in [6.07, 6.45) is 13.5. The summed E-state index contributed by atoms with van der Waals surface area (Å²) in [7, 11) is 0. The van der Waals surface area contributed by atoms with Crippen molar-refractivity contribution in [1.82, 2.24) is 5.32 Å². The minimum atomic E-state index is -0.619. The Hall–Kier alpha value is -2.01. The summed E-state index contributed by atoms with van der Waals surface area (Å²) < 4.78 is 0. The second-order valence-corrected chi connectivity index (χ2v) is 11.0. The number of aliphatic hydroxyl groups excluding tert-OH is 1. The minimum Gasteiger partial charge on any atom is -0.389 e. The van der Waals surface area contributed by atoms with Crippen LogP contribution in [0.1, 0.15) is 53.4 Å². The molecule has 0 aromatic carbocycles. The largest absolute Gasteiger partial charge is 0.389 e. The first-order chi connectivity index (χ1) is 14.7. The van der Waals surface area contributed by atoms with Gasteiger partial charge in [-0.25, -0.2) is 0 Å². The molecule has 0 bridgehead atoms. The van der Waals surface area contributed by atoms with Gasteiger partial charge in [0.1, 0.15) is 6.61 Å². The van der Waals surface area contributed by atoms with E-state index in [2.05, 4.69) is 45.2 Å². The number of aliphatic imine (C=N–C) groups is 1. The lowest BCUT2D eigenvalue weighted by molar-refractivity contribution is -0.142. The Balaban J connectivity index is 1.60. The molecule has 2 saturated carbocycles. The monoisotopic (exact) mass is 422 g/mol. The molecule has 4 aliphatic carbocycles. The zero-order valence-corrected chi connectivity index (χ0v) is 19.0. The maximum absolute atomic E-state index is 13.4. The average molecular weight is 423 g/mol. The molecule has 5 aliphatic rings. The van der Waals surface area contributed by atoms with Crippen molar-refractivity contribution in [3.63, 3.8) is 0 Å². The molecule has 1 aliphatic heterocycles. The fourth-order valence-electron chi connectivity index (χ4n) is 7.94. The topological polar surface area (TPSA) is 78.8 Å². The standard InChI is InChI=1S/C26H34N2O3/c1-15-23(28-14-27-15)21-12-20-18-6-5-16-11-17(30)7-9-24(16,2)19(18)8-10-25(20,3)26(21,4)22(31)13-29/h7-9,11,14-15,18,20-21,23,29H,5-6,10,12-13H2,1-4H3,(H,27,28)/t15?,18?,20?,21-,23?,24+,25+,26-/m1/s1. The summed E-state index contributed by atoms with van der Waals surface area (Å²) in [5.41, 5.74) is 1.64. The average Bonchev–Trinajstić information content (AvgIpc) is 3.27. The summed E-state index contributed by atoms with van der Waals surface area (Å²) in [6, 6.07) is 0.242. The van der Waals surface area contributed by atoms with Crippen LogP contribution in [0.3, 0.4) is 0 Å². The van der Waals surface area contributed by atoms with E-state index in [1.807, 2.05) is 6.08 Å². The molecule has 0 aromatic heterocycles. The van der Waals surface area contributed by atoms with Gasteiger partial charge in [0.2, 0.25) is 0 Å². The van der Waals surface area contributed by atoms with Crippen LogP contribution < -0.4 is 5.32 Å². The molecular weight excluding hydrogens is 388 g/mol. The molecule has 31 heavy (non-hydrogen) atoms. The molecule has 0 amide bonds. The second-order valence-electron chi connectivity index (χ2n) is 11.0. The van der Waals surface area contributed by atoms with Crippen LogP contribution >= 0.6 is 0 Å². The van der Waals surface area contributed by atoms with Crippen molar-refractivity contribution >= 4 is 17.9 Å². The van der Waals surface area contributed by atoms with Gasteiger partial charge >= 0.3 is 0 Å². The fourth-order valence-corrected chi connectivity index (χ4v) is 7.94. The van der Waals surface area contributed by atoms with Crippen LogP contribution in [0.2, 0.25) is 0 Å². The molecule has 2 N–H and O–H groups in total. The molecule has 5 heteroatoms. The lowest BCUT2D eigenvalue weighted by Gasteiger charge is -2.54. The van der Waals surface area contributed by atoms with Crippen molar-refractivity contribution in [3.05, 3.63) is 35.5 Å². The molecule has 166 valence electrons. The lowest BCUT2D eigenvalue weighted by atomic mass is 9.49. The van der Waals surface area contributed by atoms with Crippen LogP contribution in [-0.4, -0.2) is 41.7 Å². The fraction of sp³-hybridized carbons (Fsp3) is 0.654. The van der Waals surface area contributed by atoms with E-state index in [-0.39, 0.29) is 40.4 Å². The van der Waals surface area contributed by atoms with E-state index in [0.29, 0.717) is 11.8 Å². The number of rotatable bonds is 3. The third-order valence-electron chi connectivity index (χ3n) is 10.0. The Morgan fingerprint density at radius 2 is 2.06 bits per heavy atom. The van der Waals surface area contributed by atoms with Crippen LogP contribution in [-0.2, 0) is 9.59 Å². The highest BCUT2D eigenvalue weighted by molar-refractivity contribution is 6.01. The van der Waals surface area contributed by atoms with Gasteiger partial charge in [-0.2, -0.15) is 0 Å². The number of nitrogens with one attached hydrogen (secondary N) is 1. The Morgan fingerprint density at radius 1 is 1.29 bits per heavy atom. The Morgan fingerprint density at radius 3 is 2.74 bits per heavy atom. The number of nitrogens with zero attached hydrogens (tertiary/aromatic N) is 1. The normalized spacial score (nSPS) is 47.8. The first-order valence-corrected chi connectivity index (χ1v) is 11.7. The quantitative estimate of drug-likeness (QED) is 0.684. The maximum Gasteiger partial charge on any atom is 0.178 e. The van der Waals surface area contributed by atoms with Crippen molar-refractivity contribution in [2.75, 3.05) is 6.61 Å². The molecule has 0 radical (unpaired) electrons. The molecule has 1 heterocycles. The van der Waals surface area contributed by atoms with Gasteiger partial charge in [-0.3, -0.25) is 14.6 Å². The third kappa shape index (κ3) is 2.56. The number of carbonyl (C=O) groups excluding carboxylic acids is 2. The van der Waals surface area contributed by atoms with E-state index in [1.165, 1.54) is 11.1 Å². The summed E-state index contributed by atoms with van der Waals surface area (Å²) in [5.74, 6) is 0.909.